The topological polar surface area (TPSA) is 62.5 Å². The summed E-state index contributed by atoms with van der Waals surface area (Å²) in [5.41, 5.74) is 1.27. The third kappa shape index (κ3) is 10.5. The molecule has 0 saturated heterocycles. The van der Waals surface area contributed by atoms with E-state index in [1.54, 1.807) is 61.2 Å². The second kappa shape index (κ2) is 17.2. The first-order valence-corrected chi connectivity index (χ1v) is 10.2. The van der Waals surface area contributed by atoms with Crippen molar-refractivity contribution < 1.29 is 37.7 Å². The first kappa shape index (κ1) is 30.8. The van der Waals surface area contributed by atoms with Crippen LogP contribution in [0.3, 0.4) is 0 Å². The number of benzene rings is 2. The SMILES string of the molecule is Fc1c[c-]c(-c2ccccn2)c(F)c1.Fc1c[c-]c(-c2ccccn2)c(F)c1.[C-]#N.[Ir+3].c1ccncc1. The third-order valence-electron chi connectivity index (χ3n) is 4.12. The van der Waals surface area contributed by atoms with E-state index < -0.39 is 23.3 Å². The Labute approximate surface area is 225 Å². The van der Waals surface area contributed by atoms with Gasteiger partial charge in [0.2, 0.25) is 0 Å². The standard InChI is InChI=1S/2C11H6F2N.C5H5N.CN.Ir/c2*12-8-4-5-9(10(13)7-8)11-3-1-2-6-14-11;1-2-4-6-5-3-1;1-2;/h2*1-4,6-7H;1-5H;;/q2*-1;;-1;+3. The van der Waals surface area contributed by atoms with Crippen LogP contribution in [-0.4, -0.2) is 15.0 Å². The van der Waals surface area contributed by atoms with Gasteiger partial charge < -0.3 is 21.8 Å². The van der Waals surface area contributed by atoms with Crippen LogP contribution in [0.4, 0.5) is 17.6 Å². The van der Waals surface area contributed by atoms with Crippen molar-refractivity contribution in [2.24, 2.45) is 0 Å². The van der Waals surface area contributed by atoms with Crippen LogP contribution in [0.2, 0.25) is 0 Å². The zero-order valence-electron chi connectivity index (χ0n) is 18.9. The fourth-order valence-electron chi connectivity index (χ4n) is 2.62. The summed E-state index contributed by atoms with van der Waals surface area (Å²) in [6.07, 6.45) is 6.60. The van der Waals surface area contributed by atoms with E-state index in [-0.39, 0.29) is 31.2 Å². The normalized spacial score (nSPS) is 9.03. The van der Waals surface area contributed by atoms with Gasteiger partial charge in [0.05, 0.1) is 0 Å². The van der Waals surface area contributed by atoms with Crippen molar-refractivity contribution in [3.63, 3.8) is 0 Å². The van der Waals surface area contributed by atoms with E-state index in [0.717, 1.165) is 24.3 Å². The maximum absolute atomic E-state index is 13.2. The quantitative estimate of drug-likeness (QED) is 0.152. The molecule has 3 aromatic heterocycles. The van der Waals surface area contributed by atoms with Gasteiger partial charge in [-0.05, 0) is 35.7 Å². The zero-order chi connectivity index (χ0) is 26.2. The molecule has 0 bridgehead atoms. The molecule has 186 valence electrons. The average Bonchev–Trinajstić information content (AvgIpc) is 2.93. The molecule has 5 aromatic rings. The summed E-state index contributed by atoms with van der Waals surface area (Å²) in [5, 5.41) is 6.25. The molecule has 2 aromatic carbocycles. The largest absolute Gasteiger partial charge is 3.00 e. The van der Waals surface area contributed by atoms with E-state index in [4.69, 9.17) is 11.8 Å². The molecular weight excluding hydrogens is 661 g/mol. The predicted molar refractivity (Wildman–Crippen MR) is 126 cm³/mol. The summed E-state index contributed by atoms with van der Waals surface area (Å²) in [6.45, 7) is 4.75. The van der Waals surface area contributed by atoms with Crippen molar-refractivity contribution in [3.05, 3.63) is 146 Å². The number of pyridine rings is 3. The Morgan fingerprint density at radius 2 is 1.00 bits per heavy atom. The molecule has 0 aliphatic heterocycles. The molecule has 0 aliphatic rings. The molecule has 3 heterocycles. The van der Waals surface area contributed by atoms with E-state index in [9.17, 15) is 17.6 Å². The Hall–Kier alpha value is -4.25. The van der Waals surface area contributed by atoms with E-state index in [1.165, 1.54) is 0 Å². The van der Waals surface area contributed by atoms with Crippen LogP contribution >= 0.6 is 0 Å². The molecular formula is C28H17F4IrN4. The van der Waals surface area contributed by atoms with Gasteiger partial charge in [-0.2, -0.15) is 0 Å². The number of hydrogen-bond donors (Lipinski definition) is 0. The molecule has 0 amide bonds. The maximum Gasteiger partial charge on any atom is 3.00 e. The Balaban J connectivity index is 0.000000282. The van der Waals surface area contributed by atoms with Crippen LogP contribution in [0.5, 0.6) is 0 Å². The van der Waals surface area contributed by atoms with Gasteiger partial charge in [0.25, 0.3) is 0 Å². The van der Waals surface area contributed by atoms with Crippen LogP contribution < -0.4 is 0 Å². The van der Waals surface area contributed by atoms with Crippen LogP contribution in [0.15, 0.2) is 104 Å². The summed E-state index contributed by atoms with van der Waals surface area (Å²) in [6, 6.07) is 24.8. The van der Waals surface area contributed by atoms with E-state index in [2.05, 4.69) is 27.1 Å². The smallest absolute Gasteiger partial charge is 0.512 e. The average molecular weight is 678 g/mol. The van der Waals surface area contributed by atoms with Crippen LogP contribution in [0, 0.1) is 47.2 Å². The van der Waals surface area contributed by atoms with Crippen molar-refractivity contribution in [1.82, 2.24) is 15.0 Å². The fourth-order valence-corrected chi connectivity index (χ4v) is 2.62. The van der Waals surface area contributed by atoms with Gasteiger partial charge in [-0.15, -0.1) is 24.3 Å². The minimum absolute atomic E-state index is 0. The first-order chi connectivity index (χ1) is 17.5. The van der Waals surface area contributed by atoms with Gasteiger partial charge >= 0.3 is 20.1 Å². The van der Waals surface area contributed by atoms with Crippen LogP contribution in [-0.2, 0) is 20.1 Å². The van der Waals surface area contributed by atoms with Crippen molar-refractivity contribution in [2.45, 2.75) is 0 Å². The molecule has 0 radical (unpaired) electrons. The molecule has 0 spiro atoms. The second-order valence-corrected chi connectivity index (χ2v) is 6.54. The Kier molecular flexibility index (Phi) is 14.3. The Morgan fingerprint density at radius 1 is 0.595 bits per heavy atom. The van der Waals surface area contributed by atoms with Gasteiger partial charge in [0.15, 0.2) is 0 Å². The van der Waals surface area contributed by atoms with E-state index >= 15 is 0 Å². The van der Waals surface area contributed by atoms with E-state index in [1.807, 2.05) is 18.2 Å². The number of rotatable bonds is 2. The molecule has 0 aliphatic carbocycles. The van der Waals surface area contributed by atoms with E-state index in [0.29, 0.717) is 11.4 Å². The van der Waals surface area contributed by atoms with Gasteiger partial charge in [-0.3, -0.25) is 22.5 Å². The number of hydrogen-bond acceptors (Lipinski definition) is 4. The Bertz CT molecular complexity index is 1230. The molecule has 0 atom stereocenters. The predicted octanol–water partition coefficient (Wildman–Crippen LogP) is 6.83. The first-order valence-electron chi connectivity index (χ1n) is 10.2. The molecule has 4 nitrogen and oxygen atoms in total. The minimum atomic E-state index is -0.649. The van der Waals surface area contributed by atoms with Gasteiger partial charge in [-0.1, -0.05) is 53.6 Å². The summed E-state index contributed by atoms with van der Waals surface area (Å²) < 4.78 is 51.6. The van der Waals surface area contributed by atoms with Crippen LogP contribution in [0.1, 0.15) is 0 Å². The van der Waals surface area contributed by atoms with Crippen molar-refractivity contribution >= 4 is 0 Å². The minimum Gasteiger partial charge on any atom is -0.512 e. The maximum atomic E-state index is 13.2. The number of nitrogens with zero attached hydrogens (tertiary/aromatic N) is 4. The summed E-state index contributed by atoms with van der Waals surface area (Å²) in [4.78, 5) is 11.7. The zero-order valence-corrected chi connectivity index (χ0v) is 21.3. The molecule has 0 unspecified atom stereocenters. The van der Waals surface area contributed by atoms with Crippen molar-refractivity contribution in [1.29, 1.82) is 5.26 Å². The second-order valence-electron chi connectivity index (χ2n) is 6.54. The summed E-state index contributed by atoms with van der Waals surface area (Å²) in [5.74, 6) is -2.57. The van der Waals surface area contributed by atoms with Crippen LogP contribution in [0.25, 0.3) is 22.5 Å². The summed E-state index contributed by atoms with van der Waals surface area (Å²) in [7, 11) is 0. The van der Waals surface area contributed by atoms with Crippen molar-refractivity contribution in [3.8, 4) is 22.5 Å². The monoisotopic (exact) mass is 678 g/mol. The van der Waals surface area contributed by atoms with Crippen molar-refractivity contribution in [2.75, 3.05) is 0 Å². The molecule has 5 rings (SSSR count). The Morgan fingerprint density at radius 3 is 1.27 bits per heavy atom. The molecule has 37 heavy (non-hydrogen) atoms. The molecule has 9 heteroatoms. The number of halogens is 4. The van der Waals surface area contributed by atoms with Gasteiger partial charge in [0, 0.05) is 48.1 Å². The molecule has 0 N–H and O–H groups in total. The third-order valence-corrected chi connectivity index (χ3v) is 4.12. The summed E-state index contributed by atoms with van der Waals surface area (Å²) >= 11 is 0. The molecule has 0 fully saturated rings. The van der Waals surface area contributed by atoms with Gasteiger partial charge in [0.1, 0.15) is 0 Å². The fraction of sp³-hybridized carbons (Fsp3) is 0. The number of aromatic nitrogens is 3. The molecule has 0 saturated carbocycles. The van der Waals surface area contributed by atoms with Gasteiger partial charge in [-0.25, -0.2) is 0 Å².